The van der Waals surface area contributed by atoms with Crippen molar-refractivity contribution in [2.24, 2.45) is 0 Å². The monoisotopic (exact) mass is 242 g/mol. The second-order valence-corrected chi connectivity index (χ2v) is 3.34. The summed E-state index contributed by atoms with van der Waals surface area (Å²) in [6, 6.07) is 0. The Morgan fingerprint density at radius 2 is 1.58 bits per heavy atom. The lowest BCUT2D eigenvalue weighted by molar-refractivity contribution is -0.276. The number of halogens is 1. The van der Waals surface area contributed by atoms with E-state index in [0.717, 1.165) is 0 Å². The SMILES string of the molecule is OC1C(O)[C@@H](O)OC(CBr)[C@H]1O. The number of rotatable bonds is 1. The van der Waals surface area contributed by atoms with Crippen LogP contribution in [-0.2, 0) is 4.74 Å². The molecule has 12 heavy (non-hydrogen) atoms. The lowest BCUT2D eigenvalue weighted by Crippen LogP contribution is -2.57. The molecule has 0 amide bonds. The molecular weight excluding hydrogens is 232 g/mol. The first-order valence-electron chi connectivity index (χ1n) is 3.51. The van der Waals surface area contributed by atoms with Crippen molar-refractivity contribution in [1.82, 2.24) is 0 Å². The van der Waals surface area contributed by atoms with Crippen molar-refractivity contribution in [2.45, 2.75) is 30.7 Å². The van der Waals surface area contributed by atoms with Crippen molar-refractivity contribution in [1.29, 1.82) is 0 Å². The Bertz CT molecular complexity index is 150. The van der Waals surface area contributed by atoms with Crippen molar-refractivity contribution < 1.29 is 25.2 Å². The van der Waals surface area contributed by atoms with E-state index in [0.29, 0.717) is 0 Å². The third kappa shape index (κ3) is 1.78. The Balaban J connectivity index is 2.63. The average molecular weight is 243 g/mol. The van der Waals surface area contributed by atoms with Crippen molar-refractivity contribution in [3.05, 3.63) is 0 Å². The van der Waals surface area contributed by atoms with Crippen LogP contribution in [0.1, 0.15) is 0 Å². The van der Waals surface area contributed by atoms with E-state index in [4.69, 9.17) is 20.1 Å². The molecule has 0 aliphatic carbocycles. The number of ether oxygens (including phenoxy) is 1. The molecule has 0 spiro atoms. The van der Waals surface area contributed by atoms with E-state index in [-0.39, 0.29) is 5.33 Å². The summed E-state index contributed by atoms with van der Waals surface area (Å²) in [4.78, 5) is 0. The summed E-state index contributed by atoms with van der Waals surface area (Å²) in [6.45, 7) is 0. The minimum Gasteiger partial charge on any atom is -0.388 e. The molecule has 1 saturated heterocycles. The topological polar surface area (TPSA) is 90.2 Å². The summed E-state index contributed by atoms with van der Waals surface area (Å²) in [5, 5.41) is 36.7. The molecule has 1 rings (SSSR count). The van der Waals surface area contributed by atoms with Crippen molar-refractivity contribution >= 4 is 15.9 Å². The highest BCUT2D eigenvalue weighted by Gasteiger charge is 2.42. The average Bonchev–Trinajstić information content (AvgIpc) is 2.08. The predicted octanol–water partition coefficient (Wildman–Crippen LogP) is -1.82. The Morgan fingerprint density at radius 3 is 2.08 bits per heavy atom. The minimum atomic E-state index is -1.45. The molecular formula is C6H11BrO5. The van der Waals surface area contributed by atoms with Crippen LogP contribution in [0, 0.1) is 0 Å². The standard InChI is InChI=1S/C6H11BrO5/c7-1-2-3(8)4(9)5(10)6(11)12-2/h2-6,8-11H,1H2/t2?,3-,4?,5?,6+/m1/s1. The molecule has 1 aliphatic rings. The summed E-state index contributed by atoms with van der Waals surface area (Å²) in [7, 11) is 0. The molecule has 5 atom stereocenters. The Labute approximate surface area is 77.7 Å². The van der Waals surface area contributed by atoms with Crippen molar-refractivity contribution in [3.63, 3.8) is 0 Å². The summed E-state index contributed by atoms with van der Waals surface area (Å²) < 4.78 is 4.78. The van der Waals surface area contributed by atoms with Gasteiger partial charge in [-0.1, -0.05) is 15.9 Å². The Hall–Kier alpha value is 0.280. The van der Waals surface area contributed by atoms with Gasteiger partial charge in [0.1, 0.15) is 18.3 Å². The van der Waals surface area contributed by atoms with Crippen LogP contribution in [0.3, 0.4) is 0 Å². The third-order valence-corrected chi connectivity index (χ3v) is 2.48. The number of hydrogen-bond donors (Lipinski definition) is 4. The van der Waals surface area contributed by atoms with E-state index in [9.17, 15) is 5.11 Å². The summed E-state index contributed by atoms with van der Waals surface area (Å²) in [5.74, 6) is 0. The van der Waals surface area contributed by atoms with Gasteiger partial charge in [-0.05, 0) is 0 Å². The fourth-order valence-corrected chi connectivity index (χ4v) is 1.59. The number of hydrogen-bond acceptors (Lipinski definition) is 5. The molecule has 4 N–H and O–H groups in total. The highest BCUT2D eigenvalue weighted by atomic mass is 79.9. The van der Waals surface area contributed by atoms with E-state index in [1.54, 1.807) is 0 Å². The van der Waals surface area contributed by atoms with E-state index < -0.39 is 30.7 Å². The summed E-state index contributed by atoms with van der Waals surface area (Å²) >= 11 is 3.04. The number of aliphatic hydroxyl groups excluding tert-OH is 4. The Kier molecular flexibility index (Phi) is 3.45. The molecule has 6 heteroatoms. The van der Waals surface area contributed by atoms with Gasteiger partial charge < -0.3 is 25.2 Å². The quantitative estimate of drug-likeness (QED) is 0.407. The van der Waals surface area contributed by atoms with Gasteiger partial charge in [0.05, 0.1) is 6.10 Å². The van der Waals surface area contributed by atoms with Gasteiger partial charge in [0.2, 0.25) is 0 Å². The second kappa shape index (κ2) is 3.99. The minimum absolute atomic E-state index is 0.287. The van der Waals surface area contributed by atoms with E-state index >= 15 is 0 Å². The molecule has 0 saturated carbocycles. The molecule has 0 aromatic carbocycles. The zero-order valence-electron chi connectivity index (χ0n) is 6.17. The summed E-state index contributed by atoms with van der Waals surface area (Å²) in [6.07, 6.45) is -6.13. The molecule has 0 radical (unpaired) electrons. The van der Waals surface area contributed by atoms with Crippen LogP contribution >= 0.6 is 15.9 Å². The van der Waals surface area contributed by atoms with Gasteiger partial charge in [0.25, 0.3) is 0 Å². The first kappa shape index (κ1) is 10.4. The van der Waals surface area contributed by atoms with Crippen LogP contribution in [0.5, 0.6) is 0 Å². The van der Waals surface area contributed by atoms with E-state index in [1.807, 2.05) is 0 Å². The fourth-order valence-electron chi connectivity index (χ4n) is 1.06. The molecule has 72 valence electrons. The van der Waals surface area contributed by atoms with Gasteiger partial charge in [-0.15, -0.1) is 0 Å². The smallest absolute Gasteiger partial charge is 0.183 e. The van der Waals surface area contributed by atoms with Gasteiger partial charge in [-0.25, -0.2) is 0 Å². The van der Waals surface area contributed by atoms with Gasteiger partial charge in [-0.3, -0.25) is 0 Å². The molecule has 1 heterocycles. The fraction of sp³-hybridized carbons (Fsp3) is 1.00. The normalized spacial score (nSPS) is 49.2. The maximum Gasteiger partial charge on any atom is 0.183 e. The largest absolute Gasteiger partial charge is 0.388 e. The first-order chi connectivity index (χ1) is 5.57. The first-order valence-corrected chi connectivity index (χ1v) is 4.63. The lowest BCUT2D eigenvalue weighted by atomic mass is 10.0. The zero-order chi connectivity index (χ0) is 9.30. The summed E-state index contributed by atoms with van der Waals surface area (Å²) in [5.41, 5.74) is 0. The third-order valence-electron chi connectivity index (χ3n) is 1.84. The molecule has 0 aromatic heterocycles. The zero-order valence-corrected chi connectivity index (χ0v) is 7.75. The molecule has 1 aliphatic heterocycles. The van der Waals surface area contributed by atoms with Gasteiger partial charge in [0, 0.05) is 5.33 Å². The van der Waals surface area contributed by atoms with Crippen LogP contribution in [0.25, 0.3) is 0 Å². The van der Waals surface area contributed by atoms with Crippen molar-refractivity contribution in [2.75, 3.05) is 5.33 Å². The van der Waals surface area contributed by atoms with Crippen LogP contribution in [0.15, 0.2) is 0 Å². The van der Waals surface area contributed by atoms with Crippen LogP contribution in [0.2, 0.25) is 0 Å². The highest BCUT2D eigenvalue weighted by molar-refractivity contribution is 9.09. The second-order valence-electron chi connectivity index (χ2n) is 2.69. The molecule has 3 unspecified atom stereocenters. The predicted molar refractivity (Wildman–Crippen MR) is 42.7 cm³/mol. The van der Waals surface area contributed by atoms with E-state index in [1.165, 1.54) is 0 Å². The molecule has 0 bridgehead atoms. The van der Waals surface area contributed by atoms with Crippen molar-refractivity contribution in [3.8, 4) is 0 Å². The van der Waals surface area contributed by atoms with E-state index in [2.05, 4.69) is 15.9 Å². The van der Waals surface area contributed by atoms with Crippen LogP contribution in [-0.4, -0.2) is 56.5 Å². The maximum atomic E-state index is 9.25. The van der Waals surface area contributed by atoms with Gasteiger partial charge >= 0.3 is 0 Å². The molecule has 0 aromatic rings. The van der Waals surface area contributed by atoms with Gasteiger partial charge in [0.15, 0.2) is 6.29 Å². The van der Waals surface area contributed by atoms with Crippen LogP contribution in [0.4, 0.5) is 0 Å². The highest BCUT2D eigenvalue weighted by Crippen LogP contribution is 2.20. The number of alkyl halides is 1. The molecule has 1 fully saturated rings. The number of aliphatic hydroxyl groups is 4. The van der Waals surface area contributed by atoms with Gasteiger partial charge in [-0.2, -0.15) is 0 Å². The lowest BCUT2D eigenvalue weighted by Gasteiger charge is -2.37. The van der Waals surface area contributed by atoms with Crippen LogP contribution < -0.4 is 0 Å². The molecule has 5 nitrogen and oxygen atoms in total. The maximum absolute atomic E-state index is 9.25. The Morgan fingerprint density at radius 1 is 1.00 bits per heavy atom.